The predicted octanol–water partition coefficient (Wildman–Crippen LogP) is 2.92. The lowest BCUT2D eigenvalue weighted by Gasteiger charge is -2.33. The van der Waals surface area contributed by atoms with E-state index in [0.29, 0.717) is 12.2 Å². The monoisotopic (exact) mass is 338 g/mol. The van der Waals surface area contributed by atoms with E-state index in [1.807, 2.05) is 26.0 Å². The highest BCUT2D eigenvalue weighted by Gasteiger charge is 2.43. The number of rotatable bonds is 2. The predicted molar refractivity (Wildman–Crippen MR) is 82.7 cm³/mol. The summed E-state index contributed by atoms with van der Waals surface area (Å²) < 4.78 is 43.4. The molecular weight excluding hydrogens is 321 g/mol. The number of hydrogen-bond acceptors (Lipinski definition) is 5. The highest BCUT2D eigenvalue weighted by Crippen LogP contribution is 2.28. The molecule has 0 amide bonds. The van der Waals surface area contributed by atoms with Crippen LogP contribution in [-0.2, 0) is 4.74 Å². The Morgan fingerprint density at radius 1 is 1.17 bits per heavy atom. The van der Waals surface area contributed by atoms with Gasteiger partial charge in [0.2, 0.25) is 5.95 Å². The van der Waals surface area contributed by atoms with Crippen LogP contribution < -0.4 is 4.90 Å². The standard InChI is InChI=1S/C16H17F3N4O/c1-10-3-4-12(11(2)21-10)13-5-6-20-15(22-13)23-7-8-24-14(9-23)16(17,18)19/h3-6,14H,7-9H2,1-2H3. The molecule has 0 spiro atoms. The summed E-state index contributed by atoms with van der Waals surface area (Å²) >= 11 is 0. The van der Waals surface area contributed by atoms with Gasteiger partial charge in [0.25, 0.3) is 0 Å². The van der Waals surface area contributed by atoms with Crippen LogP contribution in [0.15, 0.2) is 24.4 Å². The van der Waals surface area contributed by atoms with Crippen LogP contribution in [0.3, 0.4) is 0 Å². The molecule has 3 rings (SSSR count). The van der Waals surface area contributed by atoms with Crippen molar-refractivity contribution in [2.24, 2.45) is 0 Å². The molecule has 128 valence electrons. The van der Waals surface area contributed by atoms with Crippen LogP contribution in [-0.4, -0.2) is 46.9 Å². The van der Waals surface area contributed by atoms with E-state index in [-0.39, 0.29) is 19.1 Å². The van der Waals surface area contributed by atoms with Crippen molar-refractivity contribution < 1.29 is 17.9 Å². The fraction of sp³-hybridized carbons (Fsp3) is 0.438. The zero-order valence-electron chi connectivity index (χ0n) is 13.3. The second-order valence-electron chi connectivity index (χ2n) is 5.67. The third-order valence-corrected chi connectivity index (χ3v) is 3.86. The van der Waals surface area contributed by atoms with Crippen molar-refractivity contribution in [2.45, 2.75) is 26.1 Å². The van der Waals surface area contributed by atoms with Gasteiger partial charge >= 0.3 is 6.18 Å². The molecule has 1 atom stereocenters. The number of pyridine rings is 1. The van der Waals surface area contributed by atoms with Gasteiger partial charge < -0.3 is 9.64 Å². The summed E-state index contributed by atoms with van der Waals surface area (Å²) in [7, 11) is 0. The van der Waals surface area contributed by atoms with Crippen molar-refractivity contribution in [1.82, 2.24) is 15.0 Å². The fourth-order valence-corrected chi connectivity index (χ4v) is 2.64. The molecule has 0 aliphatic carbocycles. The number of nitrogens with zero attached hydrogens (tertiary/aromatic N) is 4. The van der Waals surface area contributed by atoms with Crippen LogP contribution in [0.2, 0.25) is 0 Å². The van der Waals surface area contributed by atoms with Crippen molar-refractivity contribution in [3.05, 3.63) is 35.8 Å². The molecule has 1 fully saturated rings. The smallest absolute Gasteiger partial charge is 0.365 e. The maximum Gasteiger partial charge on any atom is 0.416 e. The molecule has 1 saturated heterocycles. The largest absolute Gasteiger partial charge is 0.416 e. The minimum atomic E-state index is -4.40. The Morgan fingerprint density at radius 2 is 1.96 bits per heavy atom. The van der Waals surface area contributed by atoms with E-state index >= 15 is 0 Å². The zero-order valence-corrected chi connectivity index (χ0v) is 13.3. The minimum absolute atomic E-state index is 0.0110. The Morgan fingerprint density at radius 3 is 2.67 bits per heavy atom. The van der Waals surface area contributed by atoms with Crippen molar-refractivity contribution in [3.8, 4) is 11.3 Å². The lowest BCUT2D eigenvalue weighted by atomic mass is 10.1. The van der Waals surface area contributed by atoms with Crippen LogP contribution in [0.1, 0.15) is 11.4 Å². The van der Waals surface area contributed by atoms with E-state index in [0.717, 1.165) is 17.0 Å². The van der Waals surface area contributed by atoms with Gasteiger partial charge in [0.1, 0.15) is 0 Å². The lowest BCUT2D eigenvalue weighted by molar-refractivity contribution is -0.221. The molecule has 1 aliphatic heterocycles. The van der Waals surface area contributed by atoms with E-state index in [9.17, 15) is 13.2 Å². The zero-order chi connectivity index (χ0) is 17.3. The van der Waals surface area contributed by atoms with Gasteiger partial charge in [-0.25, -0.2) is 9.97 Å². The Bertz CT molecular complexity index is 736. The average Bonchev–Trinajstić information content (AvgIpc) is 2.54. The Kier molecular flexibility index (Phi) is 4.40. The number of aromatic nitrogens is 3. The highest BCUT2D eigenvalue weighted by molar-refractivity contribution is 5.62. The van der Waals surface area contributed by atoms with Gasteiger partial charge in [-0.3, -0.25) is 4.98 Å². The number of aryl methyl sites for hydroxylation is 2. The Labute approximate surface area is 137 Å². The average molecular weight is 338 g/mol. The molecule has 0 bridgehead atoms. The summed E-state index contributed by atoms with van der Waals surface area (Å²) in [6.45, 7) is 3.77. The number of halogens is 3. The van der Waals surface area contributed by atoms with Crippen molar-refractivity contribution in [1.29, 1.82) is 0 Å². The fourth-order valence-electron chi connectivity index (χ4n) is 2.64. The van der Waals surface area contributed by atoms with E-state index in [1.54, 1.807) is 12.3 Å². The summed E-state index contributed by atoms with van der Waals surface area (Å²) in [5.74, 6) is 0.269. The Balaban J connectivity index is 1.88. The molecule has 3 heterocycles. The van der Waals surface area contributed by atoms with Crippen LogP contribution in [0.25, 0.3) is 11.3 Å². The first-order chi connectivity index (χ1) is 11.3. The molecule has 24 heavy (non-hydrogen) atoms. The molecule has 8 heteroatoms. The van der Waals surface area contributed by atoms with Gasteiger partial charge in [0, 0.05) is 29.7 Å². The minimum Gasteiger partial charge on any atom is -0.365 e. The van der Waals surface area contributed by atoms with Gasteiger partial charge in [-0.2, -0.15) is 13.2 Å². The van der Waals surface area contributed by atoms with Gasteiger partial charge in [0.05, 0.1) is 18.8 Å². The molecular formula is C16H17F3N4O. The van der Waals surface area contributed by atoms with Gasteiger partial charge in [-0.05, 0) is 32.0 Å². The van der Waals surface area contributed by atoms with Crippen LogP contribution in [0.5, 0.6) is 0 Å². The van der Waals surface area contributed by atoms with E-state index in [4.69, 9.17) is 4.74 Å². The SMILES string of the molecule is Cc1ccc(-c2ccnc(N3CCOC(C(F)(F)F)C3)n2)c(C)n1. The topological polar surface area (TPSA) is 51.1 Å². The van der Waals surface area contributed by atoms with E-state index < -0.39 is 12.3 Å². The molecule has 1 unspecified atom stereocenters. The van der Waals surface area contributed by atoms with Gasteiger partial charge in [-0.15, -0.1) is 0 Å². The second-order valence-corrected chi connectivity index (χ2v) is 5.67. The number of morpholine rings is 1. The third-order valence-electron chi connectivity index (χ3n) is 3.86. The number of hydrogen-bond donors (Lipinski definition) is 0. The van der Waals surface area contributed by atoms with Crippen LogP contribution in [0, 0.1) is 13.8 Å². The quantitative estimate of drug-likeness (QED) is 0.843. The number of alkyl halides is 3. The highest BCUT2D eigenvalue weighted by atomic mass is 19.4. The molecule has 0 radical (unpaired) electrons. The van der Waals surface area contributed by atoms with Crippen molar-refractivity contribution in [3.63, 3.8) is 0 Å². The summed E-state index contributed by atoms with van der Waals surface area (Å²) in [6, 6.07) is 5.50. The normalized spacial score (nSPS) is 18.7. The molecule has 0 saturated carbocycles. The van der Waals surface area contributed by atoms with Gasteiger partial charge in [-0.1, -0.05) is 0 Å². The van der Waals surface area contributed by atoms with Crippen LogP contribution >= 0.6 is 0 Å². The molecule has 0 aromatic carbocycles. The first-order valence-corrected chi connectivity index (χ1v) is 7.55. The first-order valence-electron chi connectivity index (χ1n) is 7.55. The summed E-state index contributed by atoms with van der Waals surface area (Å²) in [5, 5.41) is 0. The lowest BCUT2D eigenvalue weighted by Crippen LogP contribution is -2.49. The maximum absolute atomic E-state index is 12.9. The van der Waals surface area contributed by atoms with E-state index in [2.05, 4.69) is 15.0 Å². The summed E-state index contributed by atoms with van der Waals surface area (Å²) in [5.41, 5.74) is 3.19. The molecule has 5 nitrogen and oxygen atoms in total. The molecule has 1 aliphatic rings. The number of anilines is 1. The first kappa shape index (κ1) is 16.6. The van der Waals surface area contributed by atoms with Crippen molar-refractivity contribution in [2.75, 3.05) is 24.6 Å². The molecule has 0 N–H and O–H groups in total. The second kappa shape index (κ2) is 6.35. The van der Waals surface area contributed by atoms with Gasteiger partial charge in [0.15, 0.2) is 6.10 Å². The molecule has 2 aromatic heterocycles. The summed E-state index contributed by atoms with van der Waals surface area (Å²) in [4.78, 5) is 14.4. The van der Waals surface area contributed by atoms with Crippen molar-refractivity contribution >= 4 is 5.95 Å². The molecule has 2 aromatic rings. The maximum atomic E-state index is 12.9. The Hall–Kier alpha value is -2.22. The number of ether oxygens (including phenoxy) is 1. The summed E-state index contributed by atoms with van der Waals surface area (Å²) in [6.07, 6.45) is -4.66. The van der Waals surface area contributed by atoms with E-state index in [1.165, 1.54) is 4.90 Å². The van der Waals surface area contributed by atoms with Crippen LogP contribution in [0.4, 0.5) is 19.1 Å². The third kappa shape index (κ3) is 3.48.